The molecule has 0 atom stereocenters. The van der Waals surface area contributed by atoms with Crippen molar-refractivity contribution in [1.82, 2.24) is 20.4 Å². The summed E-state index contributed by atoms with van der Waals surface area (Å²) in [6, 6.07) is 3.68. The van der Waals surface area contributed by atoms with Gasteiger partial charge in [-0.2, -0.15) is 10.2 Å². The van der Waals surface area contributed by atoms with Gasteiger partial charge in [-0.1, -0.05) is 22.9 Å². The van der Waals surface area contributed by atoms with Crippen LogP contribution in [0.5, 0.6) is 0 Å². The number of nitrogens with one attached hydrogen (secondary N) is 1. The zero-order chi connectivity index (χ0) is 18.7. The Morgan fingerprint density at radius 2 is 2.08 bits per heavy atom. The fraction of sp³-hybridized carbons (Fsp3) is 0.0667. The normalized spacial score (nSPS) is 10.4. The Hall–Kier alpha value is -2.98. The summed E-state index contributed by atoms with van der Waals surface area (Å²) in [5.74, 6) is -2.27. The number of esters is 1. The summed E-state index contributed by atoms with van der Waals surface area (Å²) in [5, 5.41) is 17.8. The van der Waals surface area contributed by atoms with Gasteiger partial charge in [0.05, 0.1) is 35.8 Å². The summed E-state index contributed by atoms with van der Waals surface area (Å²) in [4.78, 5) is 24.2. The van der Waals surface area contributed by atoms with Crippen molar-refractivity contribution in [2.45, 2.75) is 0 Å². The third-order valence-corrected chi connectivity index (χ3v) is 4.43. The van der Waals surface area contributed by atoms with Crippen molar-refractivity contribution in [3.05, 3.63) is 52.0 Å². The highest BCUT2D eigenvalue weighted by atomic mass is 35.5. The van der Waals surface area contributed by atoms with Crippen molar-refractivity contribution in [2.75, 3.05) is 12.4 Å². The van der Waals surface area contributed by atoms with Gasteiger partial charge in [0, 0.05) is 5.56 Å². The van der Waals surface area contributed by atoms with Gasteiger partial charge in [-0.05, 0) is 18.2 Å². The molecule has 0 saturated heterocycles. The first-order valence-corrected chi connectivity index (χ1v) is 8.18. The summed E-state index contributed by atoms with van der Waals surface area (Å²) < 4.78 is 18.2. The summed E-state index contributed by atoms with van der Waals surface area (Å²) in [6.45, 7) is 0. The van der Waals surface area contributed by atoms with E-state index in [2.05, 4.69) is 30.4 Å². The molecule has 3 aromatic rings. The number of hydrogen-bond donors (Lipinski definition) is 1. The molecular weight excluding hydrogens is 385 g/mol. The second kappa shape index (κ2) is 7.50. The molecule has 3 rings (SSSR count). The lowest BCUT2D eigenvalue weighted by atomic mass is 10.1. The number of nitrogens with zero attached hydrogens (tertiary/aromatic N) is 4. The van der Waals surface area contributed by atoms with Gasteiger partial charge < -0.3 is 10.1 Å². The van der Waals surface area contributed by atoms with Crippen LogP contribution in [0.3, 0.4) is 0 Å². The molecule has 132 valence electrons. The molecule has 1 amide bonds. The number of carbonyl (C=O) groups is 2. The van der Waals surface area contributed by atoms with Crippen molar-refractivity contribution in [2.24, 2.45) is 0 Å². The van der Waals surface area contributed by atoms with E-state index in [-0.39, 0.29) is 21.3 Å². The molecule has 0 radical (unpaired) electrons. The number of aromatic nitrogens is 4. The number of methoxy groups -OCH3 is 1. The van der Waals surface area contributed by atoms with Gasteiger partial charge in [-0.15, -0.1) is 10.2 Å². The molecular formula is C15H9ClFN5O3S. The monoisotopic (exact) mass is 393 g/mol. The standard InChI is InChI=1S/C15H9ClFN5O3S/c1-25-15(24)8-4-10(17)9(16)5-11(8)20-12(23)14-22-21-13(26-14)7-2-3-18-19-6-7/h2-6H,1H3,(H,20,23). The molecule has 0 aliphatic rings. The lowest BCUT2D eigenvalue weighted by molar-refractivity contribution is 0.0601. The maximum atomic E-state index is 13.6. The van der Waals surface area contributed by atoms with E-state index in [9.17, 15) is 14.0 Å². The third-order valence-electron chi connectivity index (χ3n) is 3.16. The molecule has 8 nitrogen and oxygen atoms in total. The molecule has 2 heterocycles. The van der Waals surface area contributed by atoms with Gasteiger partial charge in [-0.3, -0.25) is 4.79 Å². The first-order chi connectivity index (χ1) is 12.5. The fourth-order valence-corrected chi connectivity index (χ4v) is 2.85. The number of anilines is 1. The number of amides is 1. The Morgan fingerprint density at radius 3 is 2.77 bits per heavy atom. The zero-order valence-corrected chi connectivity index (χ0v) is 14.6. The highest BCUT2D eigenvalue weighted by Crippen LogP contribution is 2.27. The largest absolute Gasteiger partial charge is 0.465 e. The minimum absolute atomic E-state index is 0.00409. The number of rotatable bonds is 4. The van der Waals surface area contributed by atoms with E-state index in [4.69, 9.17) is 11.6 Å². The molecule has 1 aromatic carbocycles. The van der Waals surface area contributed by atoms with Crippen molar-refractivity contribution >= 4 is 40.5 Å². The van der Waals surface area contributed by atoms with Gasteiger partial charge in [0.1, 0.15) is 10.8 Å². The van der Waals surface area contributed by atoms with E-state index in [1.165, 1.54) is 12.4 Å². The Labute approximate surface area is 155 Å². The Kier molecular flexibility index (Phi) is 5.14. The lowest BCUT2D eigenvalue weighted by Gasteiger charge is -2.09. The van der Waals surface area contributed by atoms with E-state index in [1.807, 2.05) is 0 Å². The van der Waals surface area contributed by atoms with Crippen LogP contribution in [0.15, 0.2) is 30.6 Å². The van der Waals surface area contributed by atoms with Crippen LogP contribution in [0.25, 0.3) is 10.6 Å². The van der Waals surface area contributed by atoms with Crippen LogP contribution < -0.4 is 5.32 Å². The predicted molar refractivity (Wildman–Crippen MR) is 91.6 cm³/mol. The first-order valence-electron chi connectivity index (χ1n) is 6.99. The van der Waals surface area contributed by atoms with Gasteiger partial charge in [0.15, 0.2) is 0 Å². The molecule has 0 saturated carbocycles. The van der Waals surface area contributed by atoms with Gasteiger partial charge in [0.2, 0.25) is 5.01 Å². The Bertz CT molecular complexity index is 983. The van der Waals surface area contributed by atoms with Crippen LogP contribution in [-0.2, 0) is 4.74 Å². The minimum atomic E-state index is -0.823. The van der Waals surface area contributed by atoms with Crippen LogP contribution in [0, 0.1) is 5.82 Å². The highest BCUT2D eigenvalue weighted by molar-refractivity contribution is 7.16. The van der Waals surface area contributed by atoms with Crippen LogP contribution in [-0.4, -0.2) is 39.4 Å². The van der Waals surface area contributed by atoms with E-state index >= 15 is 0 Å². The number of carbonyl (C=O) groups excluding carboxylic acids is 2. The molecule has 0 aliphatic heterocycles. The molecule has 11 heteroatoms. The molecule has 1 N–H and O–H groups in total. The molecule has 0 spiro atoms. The summed E-state index contributed by atoms with van der Waals surface area (Å²) in [5.41, 5.74) is 0.470. The maximum absolute atomic E-state index is 13.6. The van der Waals surface area contributed by atoms with Gasteiger partial charge in [-0.25, -0.2) is 9.18 Å². The number of hydrogen-bond acceptors (Lipinski definition) is 8. The maximum Gasteiger partial charge on any atom is 0.340 e. The van der Waals surface area contributed by atoms with Crippen LogP contribution in [0.4, 0.5) is 10.1 Å². The summed E-state index contributed by atoms with van der Waals surface area (Å²) in [7, 11) is 1.14. The quantitative estimate of drug-likeness (QED) is 0.679. The molecule has 0 fully saturated rings. The van der Waals surface area contributed by atoms with Crippen molar-refractivity contribution < 1.29 is 18.7 Å². The fourth-order valence-electron chi connectivity index (χ4n) is 1.95. The minimum Gasteiger partial charge on any atom is -0.465 e. The molecule has 0 bridgehead atoms. The Balaban J connectivity index is 1.88. The van der Waals surface area contributed by atoms with Crippen molar-refractivity contribution in [3.63, 3.8) is 0 Å². The summed E-state index contributed by atoms with van der Waals surface area (Å²) >= 11 is 6.75. The van der Waals surface area contributed by atoms with Crippen LogP contribution in [0.2, 0.25) is 5.02 Å². The topological polar surface area (TPSA) is 107 Å². The first kappa shape index (κ1) is 17.8. The van der Waals surface area contributed by atoms with Crippen LogP contribution in [0.1, 0.15) is 20.2 Å². The van der Waals surface area contributed by atoms with Crippen molar-refractivity contribution in [1.29, 1.82) is 0 Å². The van der Waals surface area contributed by atoms with Gasteiger partial charge >= 0.3 is 5.97 Å². The van der Waals surface area contributed by atoms with E-state index in [0.29, 0.717) is 10.6 Å². The predicted octanol–water partition coefficient (Wildman–Crippen LogP) is 2.83. The highest BCUT2D eigenvalue weighted by Gasteiger charge is 2.20. The number of ether oxygens (including phenoxy) is 1. The van der Waals surface area contributed by atoms with Gasteiger partial charge in [0.25, 0.3) is 5.91 Å². The number of benzene rings is 1. The average Bonchev–Trinajstić information content (AvgIpc) is 3.15. The SMILES string of the molecule is COC(=O)c1cc(F)c(Cl)cc1NC(=O)c1nnc(-c2ccnnc2)s1. The second-order valence-electron chi connectivity index (χ2n) is 4.80. The van der Waals surface area contributed by atoms with E-state index in [1.54, 1.807) is 6.07 Å². The lowest BCUT2D eigenvalue weighted by Crippen LogP contribution is -2.15. The molecule has 26 heavy (non-hydrogen) atoms. The van der Waals surface area contributed by atoms with E-state index < -0.39 is 17.7 Å². The molecule has 2 aromatic heterocycles. The molecule has 0 unspecified atom stereocenters. The second-order valence-corrected chi connectivity index (χ2v) is 6.19. The smallest absolute Gasteiger partial charge is 0.340 e. The summed E-state index contributed by atoms with van der Waals surface area (Å²) in [6.07, 6.45) is 2.97. The van der Waals surface area contributed by atoms with Crippen molar-refractivity contribution in [3.8, 4) is 10.6 Å². The third kappa shape index (κ3) is 3.65. The molecule has 0 aliphatic carbocycles. The Morgan fingerprint density at radius 1 is 1.27 bits per heavy atom. The van der Waals surface area contributed by atoms with Crippen LogP contribution >= 0.6 is 22.9 Å². The zero-order valence-electron chi connectivity index (χ0n) is 13.1. The average molecular weight is 394 g/mol. The van der Waals surface area contributed by atoms with E-state index in [0.717, 1.165) is 30.6 Å². The number of halogens is 2.